The molecule has 2 aromatic heterocycles. The highest BCUT2D eigenvalue weighted by Gasteiger charge is 2.12. The molecule has 96 valence electrons. The van der Waals surface area contributed by atoms with E-state index in [1.54, 1.807) is 12.4 Å². The van der Waals surface area contributed by atoms with E-state index in [1.807, 2.05) is 24.8 Å². The van der Waals surface area contributed by atoms with Crippen LogP contribution in [0.2, 0.25) is 0 Å². The van der Waals surface area contributed by atoms with Gasteiger partial charge in [-0.15, -0.1) is 10.2 Å². The Morgan fingerprint density at radius 3 is 2.83 bits per heavy atom. The van der Waals surface area contributed by atoms with Gasteiger partial charge in [0.1, 0.15) is 18.0 Å². The van der Waals surface area contributed by atoms with Crippen LogP contribution in [0.5, 0.6) is 0 Å². The van der Waals surface area contributed by atoms with E-state index in [0.717, 1.165) is 5.82 Å². The molecule has 0 bridgehead atoms. The summed E-state index contributed by atoms with van der Waals surface area (Å²) in [7, 11) is 1.90. The summed E-state index contributed by atoms with van der Waals surface area (Å²) >= 11 is 1.45. The lowest BCUT2D eigenvalue weighted by molar-refractivity contribution is 0.714. The number of anilines is 2. The van der Waals surface area contributed by atoms with Crippen molar-refractivity contribution in [3.63, 3.8) is 0 Å². The van der Waals surface area contributed by atoms with Gasteiger partial charge in [0.05, 0.1) is 6.04 Å². The molecule has 3 N–H and O–H groups in total. The molecule has 0 aliphatic carbocycles. The molecule has 7 nitrogen and oxygen atoms in total. The van der Waals surface area contributed by atoms with Crippen molar-refractivity contribution in [1.82, 2.24) is 24.7 Å². The van der Waals surface area contributed by atoms with Crippen LogP contribution in [0.15, 0.2) is 17.6 Å². The fraction of sp³-hybridized carbons (Fsp3) is 0.400. The highest BCUT2D eigenvalue weighted by atomic mass is 32.2. The summed E-state index contributed by atoms with van der Waals surface area (Å²) in [5.41, 5.74) is 5.72. The molecule has 0 aliphatic heterocycles. The van der Waals surface area contributed by atoms with Gasteiger partial charge in [0.25, 0.3) is 0 Å². The monoisotopic (exact) mass is 265 g/mol. The molecule has 0 amide bonds. The Bertz CT molecular complexity index is 539. The van der Waals surface area contributed by atoms with E-state index in [4.69, 9.17) is 5.73 Å². The molecule has 2 rings (SSSR count). The fourth-order valence-corrected chi connectivity index (χ4v) is 1.97. The maximum atomic E-state index is 5.72. The van der Waals surface area contributed by atoms with E-state index in [9.17, 15) is 0 Å². The summed E-state index contributed by atoms with van der Waals surface area (Å²) in [6.07, 6.45) is 3.57. The van der Waals surface area contributed by atoms with Crippen LogP contribution >= 0.6 is 11.8 Å². The molecule has 8 heteroatoms. The van der Waals surface area contributed by atoms with E-state index in [2.05, 4.69) is 25.5 Å². The van der Waals surface area contributed by atoms with Crippen molar-refractivity contribution in [2.75, 3.05) is 17.3 Å². The molecular formula is C10H15N7S. The number of nitrogens with zero attached hydrogens (tertiary/aromatic N) is 5. The van der Waals surface area contributed by atoms with Gasteiger partial charge < -0.3 is 15.6 Å². The van der Waals surface area contributed by atoms with Gasteiger partial charge in [-0.1, -0.05) is 11.8 Å². The number of aromatic nitrogens is 5. The van der Waals surface area contributed by atoms with Gasteiger partial charge in [0.2, 0.25) is 0 Å². The van der Waals surface area contributed by atoms with Crippen LogP contribution in [0, 0.1) is 0 Å². The van der Waals surface area contributed by atoms with Crippen LogP contribution in [0.25, 0.3) is 0 Å². The Morgan fingerprint density at radius 2 is 2.22 bits per heavy atom. The zero-order valence-corrected chi connectivity index (χ0v) is 11.3. The maximum absolute atomic E-state index is 5.72. The summed E-state index contributed by atoms with van der Waals surface area (Å²) in [5.74, 6) is 1.96. The largest absolute Gasteiger partial charge is 0.383 e. The molecule has 2 heterocycles. The Labute approximate surface area is 109 Å². The van der Waals surface area contributed by atoms with E-state index in [0.29, 0.717) is 16.8 Å². The fourth-order valence-electron chi connectivity index (χ4n) is 1.58. The van der Waals surface area contributed by atoms with Gasteiger partial charge in [-0.05, 0) is 13.2 Å². The molecule has 1 atom stereocenters. The Kier molecular flexibility index (Phi) is 3.66. The predicted octanol–water partition coefficient (Wildman–Crippen LogP) is 1.08. The molecule has 0 saturated heterocycles. The van der Waals surface area contributed by atoms with E-state index in [-0.39, 0.29) is 6.04 Å². The molecule has 0 fully saturated rings. The molecule has 1 unspecified atom stereocenters. The lowest BCUT2D eigenvalue weighted by Crippen LogP contribution is -2.13. The number of hydrogen-bond donors (Lipinski definition) is 2. The average molecular weight is 265 g/mol. The smallest absolute Gasteiger partial charge is 0.191 e. The first-order valence-electron chi connectivity index (χ1n) is 5.39. The molecule has 0 spiro atoms. The zero-order valence-electron chi connectivity index (χ0n) is 10.5. The predicted molar refractivity (Wildman–Crippen MR) is 71.3 cm³/mol. The third-order valence-corrected chi connectivity index (χ3v) is 2.95. The minimum Gasteiger partial charge on any atom is -0.383 e. The molecule has 0 saturated carbocycles. The zero-order chi connectivity index (χ0) is 13.1. The van der Waals surface area contributed by atoms with Gasteiger partial charge >= 0.3 is 0 Å². The van der Waals surface area contributed by atoms with Crippen molar-refractivity contribution < 1.29 is 0 Å². The Balaban J connectivity index is 2.19. The van der Waals surface area contributed by atoms with Gasteiger partial charge in [0, 0.05) is 13.1 Å². The standard InChI is InChI=1S/C10H15N7S/c1-6(9-16-12-5-17(9)2)13-8-4-7(11)14-10(15-8)18-3/h4-6H,1-3H3,(H3,11,13,14,15). The molecule has 0 aliphatic rings. The van der Waals surface area contributed by atoms with Crippen LogP contribution in [0.4, 0.5) is 11.6 Å². The van der Waals surface area contributed by atoms with Crippen molar-refractivity contribution in [3.8, 4) is 0 Å². The number of nitrogens with one attached hydrogen (secondary N) is 1. The van der Waals surface area contributed by atoms with E-state index < -0.39 is 0 Å². The summed E-state index contributed by atoms with van der Waals surface area (Å²) < 4.78 is 1.86. The molecule has 0 aromatic carbocycles. The summed E-state index contributed by atoms with van der Waals surface area (Å²) in [6, 6.07) is 1.69. The highest BCUT2D eigenvalue weighted by Crippen LogP contribution is 2.19. The van der Waals surface area contributed by atoms with Crippen LogP contribution in [-0.2, 0) is 7.05 Å². The average Bonchev–Trinajstić information content (AvgIpc) is 2.74. The number of thioether (sulfide) groups is 1. The molecular weight excluding hydrogens is 250 g/mol. The van der Waals surface area contributed by atoms with Crippen molar-refractivity contribution in [2.45, 2.75) is 18.1 Å². The Morgan fingerprint density at radius 1 is 1.44 bits per heavy atom. The number of nitrogen functional groups attached to an aromatic ring is 1. The maximum Gasteiger partial charge on any atom is 0.191 e. The van der Waals surface area contributed by atoms with Gasteiger partial charge in [0.15, 0.2) is 11.0 Å². The second-order valence-corrected chi connectivity index (χ2v) is 4.60. The van der Waals surface area contributed by atoms with Gasteiger partial charge in [-0.25, -0.2) is 9.97 Å². The quantitative estimate of drug-likeness (QED) is 0.631. The lowest BCUT2D eigenvalue weighted by Gasteiger charge is -2.14. The summed E-state index contributed by atoms with van der Waals surface area (Å²) in [4.78, 5) is 8.43. The normalized spacial score (nSPS) is 12.4. The van der Waals surface area contributed by atoms with Crippen LogP contribution in [-0.4, -0.2) is 31.0 Å². The Hall–Kier alpha value is -1.83. The van der Waals surface area contributed by atoms with E-state index >= 15 is 0 Å². The topological polar surface area (TPSA) is 94.5 Å². The minimum atomic E-state index is -0.0125. The van der Waals surface area contributed by atoms with Crippen molar-refractivity contribution in [2.24, 2.45) is 7.05 Å². The van der Waals surface area contributed by atoms with Crippen LogP contribution < -0.4 is 11.1 Å². The second-order valence-electron chi connectivity index (χ2n) is 3.83. The third-order valence-electron chi connectivity index (χ3n) is 2.41. The summed E-state index contributed by atoms with van der Waals surface area (Å²) in [6.45, 7) is 1.99. The van der Waals surface area contributed by atoms with Crippen molar-refractivity contribution in [1.29, 1.82) is 0 Å². The first-order valence-corrected chi connectivity index (χ1v) is 6.61. The molecule has 18 heavy (non-hydrogen) atoms. The molecule has 2 aromatic rings. The summed E-state index contributed by atoms with van der Waals surface area (Å²) in [5, 5.41) is 11.8. The van der Waals surface area contributed by atoms with Crippen LogP contribution in [0.1, 0.15) is 18.8 Å². The van der Waals surface area contributed by atoms with Gasteiger partial charge in [-0.2, -0.15) is 0 Å². The number of rotatable bonds is 4. The first-order chi connectivity index (χ1) is 8.60. The van der Waals surface area contributed by atoms with E-state index in [1.165, 1.54) is 11.8 Å². The second kappa shape index (κ2) is 5.21. The van der Waals surface area contributed by atoms with Crippen molar-refractivity contribution in [3.05, 3.63) is 18.2 Å². The lowest BCUT2D eigenvalue weighted by atomic mass is 10.3. The third kappa shape index (κ3) is 2.70. The number of aryl methyl sites for hydroxylation is 1. The molecule has 0 radical (unpaired) electrons. The highest BCUT2D eigenvalue weighted by molar-refractivity contribution is 7.98. The van der Waals surface area contributed by atoms with Gasteiger partial charge in [-0.3, -0.25) is 0 Å². The SMILES string of the molecule is CSc1nc(N)cc(NC(C)c2nncn2C)n1. The number of hydrogen-bond acceptors (Lipinski definition) is 7. The van der Waals surface area contributed by atoms with Crippen LogP contribution in [0.3, 0.4) is 0 Å². The minimum absolute atomic E-state index is 0.0125. The van der Waals surface area contributed by atoms with Crippen molar-refractivity contribution >= 4 is 23.4 Å². The first kappa shape index (κ1) is 12.6. The number of nitrogens with two attached hydrogens (primary N) is 1.